The third kappa shape index (κ3) is 1.07. The second-order valence-corrected chi connectivity index (χ2v) is 3.18. The third-order valence-corrected chi connectivity index (χ3v) is 2.10. The van der Waals surface area contributed by atoms with Gasteiger partial charge in [-0.05, 0) is 19.1 Å². The highest BCUT2D eigenvalue weighted by Crippen LogP contribution is 2.35. The summed E-state index contributed by atoms with van der Waals surface area (Å²) in [6, 6.07) is 3.97. The Hall–Kier alpha value is -0.760. The van der Waals surface area contributed by atoms with Gasteiger partial charge in [0.05, 0.1) is 6.61 Å². The molecule has 60 valence electrons. The minimum Gasteiger partial charge on any atom is -0.464 e. The van der Waals surface area contributed by atoms with Crippen LogP contribution in [0.1, 0.15) is 24.5 Å². The predicted octanol–water partition coefficient (Wildman–Crippen LogP) is 2.30. The second-order valence-electron chi connectivity index (χ2n) is 3.18. The lowest BCUT2D eigenvalue weighted by Crippen LogP contribution is -2.29. The van der Waals surface area contributed by atoms with Gasteiger partial charge in [0, 0.05) is 5.92 Å². The quantitative estimate of drug-likeness (QED) is 0.616. The number of hydrogen-bond donors (Lipinski definition) is 0. The van der Waals surface area contributed by atoms with E-state index < -0.39 is 0 Å². The highest BCUT2D eigenvalue weighted by Gasteiger charge is 2.31. The molecule has 0 aromatic carbocycles. The third-order valence-electron chi connectivity index (χ3n) is 2.10. The summed E-state index contributed by atoms with van der Waals surface area (Å²) < 4.78 is 10.8. The molecule has 2 rings (SSSR count). The van der Waals surface area contributed by atoms with Crippen molar-refractivity contribution in [2.45, 2.75) is 20.0 Å². The molecule has 0 N–H and O–H groups in total. The summed E-state index contributed by atoms with van der Waals surface area (Å²) in [7, 11) is 0. The fourth-order valence-electron chi connectivity index (χ4n) is 1.35. The second kappa shape index (κ2) is 2.38. The highest BCUT2D eigenvalue weighted by atomic mass is 16.5. The van der Waals surface area contributed by atoms with Gasteiger partial charge in [-0.15, -0.1) is 0 Å². The normalized spacial score (nSPS) is 30.0. The number of ether oxygens (including phenoxy) is 1. The molecule has 1 aliphatic heterocycles. The summed E-state index contributed by atoms with van der Waals surface area (Å²) in [6.45, 7) is 4.99. The first kappa shape index (κ1) is 6.92. The van der Waals surface area contributed by atoms with Crippen LogP contribution in [-0.4, -0.2) is 6.61 Å². The van der Waals surface area contributed by atoms with E-state index in [0.29, 0.717) is 5.92 Å². The molecule has 2 nitrogen and oxygen atoms in total. The van der Waals surface area contributed by atoms with Crippen LogP contribution in [0.15, 0.2) is 16.5 Å². The zero-order chi connectivity index (χ0) is 7.84. The highest BCUT2D eigenvalue weighted by molar-refractivity contribution is 5.10. The molecular weight excluding hydrogens is 140 g/mol. The first-order chi connectivity index (χ1) is 5.27. The molecular formula is C9H12O2. The smallest absolute Gasteiger partial charge is 0.133 e. The fraction of sp³-hybridized carbons (Fsp3) is 0.556. The largest absolute Gasteiger partial charge is 0.464 e. The van der Waals surface area contributed by atoms with Gasteiger partial charge in [-0.2, -0.15) is 0 Å². The van der Waals surface area contributed by atoms with E-state index in [1.807, 2.05) is 19.1 Å². The first-order valence-corrected chi connectivity index (χ1v) is 3.95. The SMILES string of the molecule is Cc1ccc(C2OCC2C)o1. The predicted molar refractivity (Wildman–Crippen MR) is 41.3 cm³/mol. The van der Waals surface area contributed by atoms with Gasteiger partial charge in [-0.3, -0.25) is 0 Å². The van der Waals surface area contributed by atoms with E-state index >= 15 is 0 Å². The molecule has 2 heteroatoms. The van der Waals surface area contributed by atoms with Crippen molar-refractivity contribution in [1.82, 2.24) is 0 Å². The maximum absolute atomic E-state index is 5.43. The molecule has 2 unspecified atom stereocenters. The number of furan rings is 1. The Morgan fingerprint density at radius 2 is 2.27 bits per heavy atom. The van der Waals surface area contributed by atoms with Crippen molar-refractivity contribution < 1.29 is 9.15 Å². The van der Waals surface area contributed by atoms with Crippen LogP contribution in [0.5, 0.6) is 0 Å². The van der Waals surface area contributed by atoms with Crippen LogP contribution in [0.2, 0.25) is 0 Å². The van der Waals surface area contributed by atoms with E-state index in [4.69, 9.17) is 9.15 Å². The molecule has 0 amide bonds. The number of hydrogen-bond acceptors (Lipinski definition) is 2. The molecule has 0 saturated carbocycles. The molecule has 2 heterocycles. The average Bonchev–Trinajstić information content (AvgIpc) is 2.33. The van der Waals surface area contributed by atoms with E-state index in [0.717, 1.165) is 18.1 Å². The topological polar surface area (TPSA) is 22.4 Å². The molecule has 0 bridgehead atoms. The lowest BCUT2D eigenvalue weighted by molar-refractivity contribution is -0.119. The Morgan fingerprint density at radius 3 is 2.64 bits per heavy atom. The lowest BCUT2D eigenvalue weighted by Gasteiger charge is -2.32. The minimum absolute atomic E-state index is 0.212. The van der Waals surface area contributed by atoms with E-state index in [9.17, 15) is 0 Å². The molecule has 1 aromatic heterocycles. The maximum Gasteiger partial charge on any atom is 0.133 e. The van der Waals surface area contributed by atoms with Gasteiger partial charge in [0.15, 0.2) is 0 Å². The Kier molecular flexibility index (Phi) is 1.50. The Morgan fingerprint density at radius 1 is 1.45 bits per heavy atom. The van der Waals surface area contributed by atoms with Crippen molar-refractivity contribution in [3.8, 4) is 0 Å². The van der Waals surface area contributed by atoms with Crippen LogP contribution < -0.4 is 0 Å². The Balaban J connectivity index is 2.16. The molecule has 1 fully saturated rings. The van der Waals surface area contributed by atoms with Gasteiger partial charge >= 0.3 is 0 Å². The van der Waals surface area contributed by atoms with Crippen molar-refractivity contribution in [2.75, 3.05) is 6.61 Å². The van der Waals surface area contributed by atoms with Crippen molar-refractivity contribution in [3.05, 3.63) is 23.7 Å². The summed E-state index contributed by atoms with van der Waals surface area (Å²) >= 11 is 0. The summed E-state index contributed by atoms with van der Waals surface area (Å²) in [4.78, 5) is 0. The zero-order valence-corrected chi connectivity index (χ0v) is 6.83. The molecule has 0 aliphatic carbocycles. The van der Waals surface area contributed by atoms with E-state index in [1.54, 1.807) is 0 Å². The molecule has 1 aliphatic rings. The summed E-state index contributed by atoms with van der Waals surface area (Å²) in [5.41, 5.74) is 0. The Labute approximate surface area is 66.2 Å². The average molecular weight is 152 g/mol. The monoisotopic (exact) mass is 152 g/mol. The standard InChI is InChI=1S/C9H12O2/c1-6-5-10-9(6)8-4-3-7(2)11-8/h3-4,6,9H,5H2,1-2H3. The van der Waals surface area contributed by atoms with Gasteiger partial charge < -0.3 is 9.15 Å². The molecule has 1 aromatic rings. The van der Waals surface area contributed by atoms with Crippen LogP contribution in [0.25, 0.3) is 0 Å². The summed E-state index contributed by atoms with van der Waals surface area (Å²) in [5, 5.41) is 0. The van der Waals surface area contributed by atoms with Crippen molar-refractivity contribution in [2.24, 2.45) is 5.92 Å². The zero-order valence-electron chi connectivity index (χ0n) is 6.83. The van der Waals surface area contributed by atoms with Crippen LogP contribution in [0.4, 0.5) is 0 Å². The summed E-state index contributed by atoms with van der Waals surface area (Å²) in [5.74, 6) is 2.55. The van der Waals surface area contributed by atoms with E-state index in [1.165, 1.54) is 0 Å². The van der Waals surface area contributed by atoms with Crippen molar-refractivity contribution >= 4 is 0 Å². The molecule has 0 spiro atoms. The van der Waals surface area contributed by atoms with Gasteiger partial charge in [-0.1, -0.05) is 6.92 Å². The maximum atomic E-state index is 5.43. The summed E-state index contributed by atoms with van der Waals surface area (Å²) in [6.07, 6.45) is 0.212. The van der Waals surface area contributed by atoms with Crippen molar-refractivity contribution in [3.63, 3.8) is 0 Å². The van der Waals surface area contributed by atoms with E-state index in [-0.39, 0.29) is 6.10 Å². The van der Waals surface area contributed by atoms with Gasteiger partial charge in [-0.25, -0.2) is 0 Å². The molecule has 1 saturated heterocycles. The first-order valence-electron chi connectivity index (χ1n) is 3.95. The van der Waals surface area contributed by atoms with Crippen molar-refractivity contribution in [1.29, 1.82) is 0 Å². The van der Waals surface area contributed by atoms with Crippen LogP contribution in [0.3, 0.4) is 0 Å². The van der Waals surface area contributed by atoms with Crippen LogP contribution >= 0.6 is 0 Å². The Bertz CT molecular complexity index is 252. The van der Waals surface area contributed by atoms with Crippen LogP contribution in [-0.2, 0) is 4.74 Å². The molecule has 0 radical (unpaired) electrons. The van der Waals surface area contributed by atoms with E-state index in [2.05, 4.69) is 6.92 Å². The fourth-order valence-corrected chi connectivity index (χ4v) is 1.35. The number of rotatable bonds is 1. The van der Waals surface area contributed by atoms with Gasteiger partial charge in [0.25, 0.3) is 0 Å². The molecule has 2 atom stereocenters. The minimum atomic E-state index is 0.212. The number of aryl methyl sites for hydroxylation is 1. The molecule has 11 heavy (non-hydrogen) atoms. The van der Waals surface area contributed by atoms with Crippen LogP contribution in [0, 0.1) is 12.8 Å². The van der Waals surface area contributed by atoms with Gasteiger partial charge in [0.2, 0.25) is 0 Å². The lowest BCUT2D eigenvalue weighted by atomic mass is 9.98. The van der Waals surface area contributed by atoms with Gasteiger partial charge in [0.1, 0.15) is 17.6 Å².